The molecule has 0 bridgehead atoms. The molecule has 6 heteroatoms. The lowest BCUT2D eigenvalue weighted by atomic mass is 9.92. The van der Waals surface area contributed by atoms with E-state index in [0.29, 0.717) is 5.69 Å². The quantitative estimate of drug-likeness (QED) is 0.655. The Labute approximate surface area is 197 Å². The molecule has 2 aromatic carbocycles. The molecule has 0 saturated heterocycles. The normalized spacial score (nSPS) is 13.0. The predicted molar refractivity (Wildman–Crippen MR) is 129 cm³/mol. The maximum atomic E-state index is 13.1. The molecular weight excluding hydrogens is 416 g/mol. The Balaban J connectivity index is 0.000000479. The van der Waals surface area contributed by atoms with Crippen molar-refractivity contribution in [3.63, 3.8) is 0 Å². The summed E-state index contributed by atoms with van der Waals surface area (Å²) in [7, 11) is 0. The molecule has 2 aromatic rings. The zero-order valence-corrected chi connectivity index (χ0v) is 20.8. The van der Waals surface area contributed by atoms with Gasteiger partial charge >= 0.3 is 0 Å². The van der Waals surface area contributed by atoms with Crippen molar-refractivity contribution in [3.8, 4) is 0 Å². The lowest BCUT2D eigenvalue weighted by Crippen LogP contribution is -3.11. The van der Waals surface area contributed by atoms with Crippen molar-refractivity contribution in [1.82, 2.24) is 0 Å². The van der Waals surface area contributed by atoms with Crippen LogP contribution in [0.25, 0.3) is 0 Å². The number of amides is 2. The molecule has 178 valence electrons. The first-order valence-corrected chi connectivity index (χ1v) is 11.8. The van der Waals surface area contributed by atoms with Crippen molar-refractivity contribution in [1.29, 1.82) is 0 Å². The molecule has 1 aliphatic rings. The van der Waals surface area contributed by atoms with Crippen LogP contribution >= 0.6 is 0 Å². The molecule has 33 heavy (non-hydrogen) atoms. The molecule has 6 nitrogen and oxygen atoms in total. The fraction of sp³-hybridized carbons (Fsp3) is 0.444. The Kier molecular flexibility index (Phi) is 8.94. The summed E-state index contributed by atoms with van der Waals surface area (Å²) in [6, 6.07) is 9.94. The molecule has 1 N–H and O–H groups in total. The Morgan fingerprint density at radius 1 is 0.848 bits per heavy atom. The highest BCUT2D eigenvalue weighted by atomic mass is 16.4. The number of nitrogens with one attached hydrogen (secondary N) is 1. The summed E-state index contributed by atoms with van der Waals surface area (Å²) in [6.07, 6.45) is 0. The van der Waals surface area contributed by atoms with Crippen LogP contribution in [0.5, 0.6) is 0 Å². The zero-order valence-electron chi connectivity index (χ0n) is 20.8. The van der Waals surface area contributed by atoms with E-state index in [1.807, 2.05) is 45.9 Å². The molecule has 0 aliphatic carbocycles. The van der Waals surface area contributed by atoms with Crippen LogP contribution in [0.4, 0.5) is 5.69 Å². The number of hydrogen-bond acceptors (Lipinski definition) is 4. The van der Waals surface area contributed by atoms with Crippen molar-refractivity contribution in [2.75, 3.05) is 24.5 Å². The van der Waals surface area contributed by atoms with Gasteiger partial charge in [0.2, 0.25) is 0 Å². The third kappa shape index (κ3) is 5.33. The van der Waals surface area contributed by atoms with Gasteiger partial charge in [-0.3, -0.25) is 9.59 Å². The van der Waals surface area contributed by atoms with Crippen LogP contribution in [-0.4, -0.2) is 37.4 Å². The van der Waals surface area contributed by atoms with Crippen molar-refractivity contribution in [2.45, 2.75) is 60.3 Å². The number of para-hydroxylation sites is 1. The Morgan fingerprint density at radius 3 is 1.73 bits per heavy atom. The highest BCUT2D eigenvalue weighted by molar-refractivity contribution is 6.36. The van der Waals surface area contributed by atoms with Crippen LogP contribution in [0.15, 0.2) is 36.4 Å². The molecule has 0 aromatic heterocycles. The molecule has 0 saturated carbocycles. The van der Waals surface area contributed by atoms with Crippen molar-refractivity contribution >= 4 is 23.5 Å². The summed E-state index contributed by atoms with van der Waals surface area (Å²) in [5.41, 5.74) is 2.07. The molecular formula is C27H36N2O4. The van der Waals surface area contributed by atoms with Gasteiger partial charge in [0.05, 0.1) is 42.4 Å². The number of anilines is 1. The SMILES string of the molecule is CC(C)c1cccc(C(C)C)c1N1C(=O)c2cccc(C(=O)[O-])c2C1=O.CC[NH+](CC)CC. The van der Waals surface area contributed by atoms with Crippen LogP contribution < -0.4 is 14.9 Å². The number of fused-ring (bicyclic) bond motifs is 1. The monoisotopic (exact) mass is 452 g/mol. The van der Waals surface area contributed by atoms with Crippen LogP contribution in [-0.2, 0) is 0 Å². The van der Waals surface area contributed by atoms with Gasteiger partial charge in [-0.15, -0.1) is 0 Å². The molecule has 0 atom stereocenters. The summed E-state index contributed by atoms with van der Waals surface area (Å²) in [4.78, 5) is 40.3. The van der Waals surface area contributed by atoms with Crippen LogP contribution in [0.1, 0.15) is 103 Å². The molecule has 0 unspecified atom stereocenters. The Bertz CT molecular complexity index is 991. The number of hydrogen-bond donors (Lipinski definition) is 1. The van der Waals surface area contributed by atoms with Gasteiger partial charge < -0.3 is 14.8 Å². The van der Waals surface area contributed by atoms with E-state index >= 15 is 0 Å². The third-order valence-corrected chi connectivity index (χ3v) is 6.20. The van der Waals surface area contributed by atoms with E-state index in [1.165, 1.54) is 37.8 Å². The highest BCUT2D eigenvalue weighted by Crippen LogP contribution is 2.40. The number of quaternary nitrogens is 1. The van der Waals surface area contributed by atoms with Gasteiger partial charge in [0.25, 0.3) is 11.8 Å². The molecule has 1 aliphatic heterocycles. The number of imide groups is 1. The number of rotatable bonds is 7. The lowest BCUT2D eigenvalue weighted by Gasteiger charge is -2.25. The molecule has 2 amide bonds. The van der Waals surface area contributed by atoms with E-state index in [4.69, 9.17) is 0 Å². The van der Waals surface area contributed by atoms with E-state index in [1.54, 1.807) is 4.90 Å². The minimum absolute atomic E-state index is 0.0913. The molecule has 0 spiro atoms. The number of carboxylic acid groups (broad SMARTS) is 1. The second kappa shape index (κ2) is 11.2. The minimum Gasteiger partial charge on any atom is -0.545 e. The summed E-state index contributed by atoms with van der Waals surface area (Å²) < 4.78 is 0. The number of aromatic carboxylic acids is 1. The predicted octanol–water partition coefficient (Wildman–Crippen LogP) is 3.03. The topological polar surface area (TPSA) is 81.9 Å². The first-order chi connectivity index (χ1) is 15.6. The van der Waals surface area contributed by atoms with Crippen molar-refractivity contribution < 1.29 is 24.4 Å². The fourth-order valence-corrected chi connectivity index (χ4v) is 4.18. The summed E-state index contributed by atoms with van der Waals surface area (Å²) in [5, 5.41) is 11.4. The average Bonchev–Trinajstić information content (AvgIpc) is 3.04. The minimum atomic E-state index is -1.47. The number of benzene rings is 2. The Morgan fingerprint density at radius 2 is 1.33 bits per heavy atom. The first-order valence-electron chi connectivity index (χ1n) is 11.8. The standard InChI is InChI=1S/C21H21NO4.C6H15N/c1-11(2)13-7-5-8-14(12(3)4)18(13)22-19(23)15-9-6-10-16(21(25)26)17(15)20(22)24;1-4-7(5-2)6-3/h5-12H,1-4H3,(H,25,26);4-6H2,1-3H3. The van der Waals surface area contributed by atoms with Gasteiger partial charge in [0.15, 0.2) is 0 Å². The largest absolute Gasteiger partial charge is 0.545 e. The van der Waals surface area contributed by atoms with Gasteiger partial charge in [0.1, 0.15) is 0 Å². The number of carbonyl (C=O) groups is 3. The average molecular weight is 453 g/mol. The fourth-order valence-electron chi connectivity index (χ4n) is 4.18. The van der Waals surface area contributed by atoms with E-state index < -0.39 is 17.8 Å². The van der Waals surface area contributed by atoms with Gasteiger partial charge in [-0.05, 0) is 49.8 Å². The maximum Gasteiger partial charge on any atom is 0.266 e. The van der Waals surface area contributed by atoms with E-state index in [0.717, 1.165) is 16.0 Å². The summed E-state index contributed by atoms with van der Waals surface area (Å²) in [5.74, 6) is -2.39. The van der Waals surface area contributed by atoms with Gasteiger partial charge in [0, 0.05) is 5.56 Å². The van der Waals surface area contributed by atoms with Crippen LogP contribution in [0, 0.1) is 0 Å². The molecule has 0 radical (unpaired) electrons. The van der Waals surface area contributed by atoms with Crippen LogP contribution in [0.2, 0.25) is 0 Å². The van der Waals surface area contributed by atoms with E-state index in [9.17, 15) is 19.5 Å². The third-order valence-electron chi connectivity index (χ3n) is 6.20. The second-order valence-electron chi connectivity index (χ2n) is 8.87. The number of carbonyl (C=O) groups excluding carboxylic acids is 3. The summed E-state index contributed by atoms with van der Waals surface area (Å²) >= 11 is 0. The molecule has 1 heterocycles. The lowest BCUT2D eigenvalue weighted by molar-refractivity contribution is -0.894. The summed E-state index contributed by atoms with van der Waals surface area (Å²) in [6.45, 7) is 18.5. The first kappa shape index (κ1) is 26.3. The highest BCUT2D eigenvalue weighted by Gasteiger charge is 2.40. The Hall–Kier alpha value is -2.99. The van der Waals surface area contributed by atoms with Crippen LogP contribution in [0.3, 0.4) is 0 Å². The zero-order chi connectivity index (χ0) is 24.9. The van der Waals surface area contributed by atoms with E-state index in [-0.39, 0.29) is 28.5 Å². The molecule has 3 rings (SSSR count). The van der Waals surface area contributed by atoms with Gasteiger partial charge in [-0.25, -0.2) is 4.90 Å². The van der Waals surface area contributed by atoms with Crippen molar-refractivity contribution in [3.05, 3.63) is 64.2 Å². The maximum absolute atomic E-state index is 13.1. The van der Waals surface area contributed by atoms with E-state index in [2.05, 4.69) is 20.8 Å². The number of carboxylic acids is 1. The second-order valence-corrected chi connectivity index (χ2v) is 8.87. The number of nitrogens with zero attached hydrogens (tertiary/aromatic N) is 1. The molecule has 0 fully saturated rings. The van der Waals surface area contributed by atoms with Crippen molar-refractivity contribution in [2.24, 2.45) is 0 Å². The van der Waals surface area contributed by atoms with Gasteiger partial charge in [-0.1, -0.05) is 58.0 Å². The van der Waals surface area contributed by atoms with Gasteiger partial charge in [-0.2, -0.15) is 0 Å². The smallest absolute Gasteiger partial charge is 0.266 e.